The summed E-state index contributed by atoms with van der Waals surface area (Å²) in [4.78, 5) is 2.56. The summed E-state index contributed by atoms with van der Waals surface area (Å²) >= 11 is 0. The van der Waals surface area contributed by atoms with Crippen molar-refractivity contribution in [2.75, 3.05) is 20.2 Å². The molecule has 0 radical (unpaired) electrons. The van der Waals surface area contributed by atoms with Crippen LogP contribution in [-0.2, 0) is 0 Å². The van der Waals surface area contributed by atoms with Crippen LogP contribution in [0.3, 0.4) is 0 Å². The molecule has 0 aliphatic carbocycles. The monoisotopic (exact) mass is 258 g/mol. The van der Waals surface area contributed by atoms with E-state index < -0.39 is 0 Å². The Kier molecular flexibility index (Phi) is 8.83. The molecule has 2 N–H and O–H groups in total. The number of hydrogen-bond donors (Lipinski definition) is 2. The summed E-state index contributed by atoms with van der Waals surface area (Å²) in [6.45, 7) is 12.5. The molecule has 0 aromatic carbocycles. The molecule has 3 nitrogen and oxygen atoms in total. The first-order valence-electron chi connectivity index (χ1n) is 7.45. The minimum absolute atomic E-state index is 0.169. The number of nitrogens with one attached hydrogen (secondary N) is 1. The van der Waals surface area contributed by atoms with Gasteiger partial charge in [0.1, 0.15) is 0 Å². The molecular weight excluding hydrogens is 224 g/mol. The predicted molar refractivity (Wildman–Crippen MR) is 80.0 cm³/mol. The second-order valence-corrected chi connectivity index (χ2v) is 6.06. The number of nitrogens with zero attached hydrogens (tertiary/aromatic N) is 1. The van der Waals surface area contributed by atoms with Crippen LogP contribution in [0.1, 0.15) is 60.3 Å². The van der Waals surface area contributed by atoms with Crippen molar-refractivity contribution in [2.24, 2.45) is 0 Å². The third-order valence-corrected chi connectivity index (χ3v) is 3.95. The zero-order valence-electron chi connectivity index (χ0n) is 13.3. The fraction of sp³-hybridized carbons (Fsp3) is 1.00. The van der Waals surface area contributed by atoms with E-state index in [0.29, 0.717) is 12.1 Å². The maximum absolute atomic E-state index is 9.49. The van der Waals surface area contributed by atoms with Gasteiger partial charge in [-0.2, -0.15) is 0 Å². The molecule has 0 fully saturated rings. The van der Waals surface area contributed by atoms with Gasteiger partial charge in [-0.25, -0.2) is 0 Å². The predicted octanol–water partition coefficient (Wildman–Crippen LogP) is 2.64. The molecule has 0 saturated carbocycles. The van der Waals surface area contributed by atoms with Crippen LogP contribution in [0, 0.1) is 0 Å². The molecule has 2 unspecified atom stereocenters. The summed E-state index contributed by atoms with van der Waals surface area (Å²) < 4.78 is 0. The second kappa shape index (κ2) is 8.89. The third-order valence-electron chi connectivity index (χ3n) is 3.95. The molecule has 0 aromatic heterocycles. The van der Waals surface area contributed by atoms with E-state index in [1.54, 1.807) is 0 Å². The minimum Gasteiger partial charge on any atom is -0.394 e. The van der Waals surface area contributed by atoms with Gasteiger partial charge >= 0.3 is 0 Å². The SMILES string of the molecule is CCCCCN(C(C)C)C(C)CC(C)(CO)NC. The molecule has 0 aliphatic heterocycles. The first-order chi connectivity index (χ1) is 8.40. The van der Waals surface area contributed by atoms with Crippen LogP contribution in [0.4, 0.5) is 0 Å². The lowest BCUT2D eigenvalue weighted by Crippen LogP contribution is -2.50. The quantitative estimate of drug-likeness (QED) is 0.591. The number of rotatable bonds is 10. The van der Waals surface area contributed by atoms with Crippen LogP contribution in [0.2, 0.25) is 0 Å². The van der Waals surface area contributed by atoms with Crippen molar-refractivity contribution in [1.29, 1.82) is 0 Å². The van der Waals surface area contributed by atoms with Gasteiger partial charge in [-0.05, 0) is 54.1 Å². The fourth-order valence-corrected chi connectivity index (χ4v) is 2.55. The van der Waals surface area contributed by atoms with Crippen LogP contribution in [0.15, 0.2) is 0 Å². The number of hydrogen-bond acceptors (Lipinski definition) is 3. The molecule has 0 saturated heterocycles. The van der Waals surface area contributed by atoms with Gasteiger partial charge in [0.25, 0.3) is 0 Å². The van der Waals surface area contributed by atoms with Gasteiger partial charge in [-0.1, -0.05) is 19.8 Å². The zero-order chi connectivity index (χ0) is 14.2. The van der Waals surface area contributed by atoms with E-state index in [1.807, 2.05) is 7.05 Å². The summed E-state index contributed by atoms with van der Waals surface area (Å²) in [5.74, 6) is 0. The van der Waals surface area contributed by atoms with Crippen LogP contribution >= 0.6 is 0 Å². The summed E-state index contributed by atoms with van der Waals surface area (Å²) in [5, 5.41) is 12.7. The molecule has 0 aliphatic rings. The van der Waals surface area contributed by atoms with Gasteiger partial charge in [0, 0.05) is 17.6 Å². The van der Waals surface area contributed by atoms with E-state index >= 15 is 0 Å². The second-order valence-electron chi connectivity index (χ2n) is 6.06. The van der Waals surface area contributed by atoms with Gasteiger partial charge in [-0.3, -0.25) is 4.90 Å². The van der Waals surface area contributed by atoms with Gasteiger partial charge in [-0.15, -0.1) is 0 Å². The Morgan fingerprint density at radius 3 is 2.22 bits per heavy atom. The maximum atomic E-state index is 9.49. The maximum Gasteiger partial charge on any atom is 0.0611 e. The van der Waals surface area contributed by atoms with E-state index in [0.717, 1.165) is 13.0 Å². The molecular formula is C15H34N2O. The third kappa shape index (κ3) is 6.17. The Balaban J connectivity index is 4.41. The lowest BCUT2D eigenvalue weighted by atomic mass is 9.93. The van der Waals surface area contributed by atoms with Crippen molar-refractivity contribution in [1.82, 2.24) is 10.2 Å². The van der Waals surface area contributed by atoms with Crippen LogP contribution in [-0.4, -0.2) is 47.8 Å². The molecule has 0 heterocycles. The lowest BCUT2D eigenvalue weighted by molar-refractivity contribution is 0.0992. The van der Waals surface area contributed by atoms with E-state index in [4.69, 9.17) is 0 Å². The van der Waals surface area contributed by atoms with Gasteiger partial charge in [0.15, 0.2) is 0 Å². The highest BCUT2D eigenvalue weighted by Gasteiger charge is 2.27. The lowest BCUT2D eigenvalue weighted by Gasteiger charge is -2.38. The fourth-order valence-electron chi connectivity index (χ4n) is 2.55. The largest absolute Gasteiger partial charge is 0.394 e. The molecule has 3 heteroatoms. The molecule has 2 atom stereocenters. The smallest absolute Gasteiger partial charge is 0.0611 e. The molecule has 18 heavy (non-hydrogen) atoms. The van der Waals surface area contributed by atoms with Gasteiger partial charge in [0.2, 0.25) is 0 Å². The Bertz CT molecular complexity index is 203. The summed E-state index contributed by atoms with van der Waals surface area (Å²) in [6.07, 6.45) is 4.82. The minimum atomic E-state index is -0.169. The van der Waals surface area contributed by atoms with Gasteiger partial charge < -0.3 is 10.4 Å². The van der Waals surface area contributed by atoms with Crippen molar-refractivity contribution in [3.05, 3.63) is 0 Å². The summed E-state index contributed by atoms with van der Waals surface area (Å²) in [6, 6.07) is 1.06. The number of aliphatic hydroxyl groups is 1. The Morgan fingerprint density at radius 2 is 1.83 bits per heavy atom. The standard InChI is InChI=1S/C15H34N2O/c1-7-8-9-10-17(13(2)3)14(4)11-15(5,12-18)16-6/h13-14,16,18H,7-12H2,1-6H3. The summed E-state index contributed by atoms with van der Waals surface area (Å²) in [7, 11) is 1.93. The highest BCUT2D eigenvalue weighted by Crippen LogP contribution is 2.18. The average molecular weight is 258 g/mol. The van der Waals surface area contributed by atoms with Crippen molar-refractivity contribution in [2.45, 2.75) is 77.9 Å². The van der Waals surface area contributed by atoms with E-state index in [2.05, 4.69) is 44.8 Å². The highest BCUT2D eigenvalue weighted by atomic mass is 16.3. The topological polar surface area (TPSA) is 35.5 Å². The number of unbranched alkanes of at least 4 members (excludes halogenated alkanes) is 2. The van der Waals surface area contributed by atoms with Crippen LogP contribution in [0.25, 0.3) is 0 Å². The normalized spacial score (nSPS) is 17.2. The van der Waals surface area contributed by atoms with E-state index in [-0.39, 0.29) is 12.1 Å². The van der Waals surface area contributed by atoms with Crippen molar-refractivity contribution in [3.8, 4) is 0 Å². The Labute approximate surface area is 114 Å². The zero-order valence-corrected chi connectivity index (χ0v) is 13.3. The van der Waals surface area contributed by atoms with E-state index in [9.17, 15) is 5.11 Å². The highest BCUT2D eigenvalue weighted by molar-refractivity contribution is 4.86. The van der Waals surface area contributed by atoms with E-state index in [1.165, 1.54) is 19.3 Å². The van der Waals surface area contributed by atoms with Crippen LogP contribution < -0.4 is 5.32 Å². The molecule has 0 amide bonds. The van der Waals surface area contributed by atoms with Crippen LogP contribution in [0.5, 0.6) is 0 Å². The number of aliphatic hydroxyl groups excluding tert-OH is 1. The molecule has 0 spiro atoms. The molecule has 0 bridgehead atoms. The van der Waals surface area contributed by atoms with Crippen molar-refractivity contribution in [3.63, 3.8) is 0 Å². The van der Waals surface area contributed by atoms with Crippen molar-refractivity contribution >= 4 is 0 Å². The molecule has 0 aromatic rings. The van der Waals surface area contributed by atoms with Crippen molar-refractivity contribution < 1.29 is 5.11 Å². The average Bonchev–Trinajstić information content (AvgIpc) is 2.33. The molecule has 0 rings (SSSR count). The first-order valence-corrected chi connectivity index (χ1v) is 7.45. The molecule has 110 valence electrons. The summed E-state index contributed by atoms with van der Waals surface area (Å²) in [5.41, 5.74) is -0.169. The Morgan fingerprint density at radius 1 is 1.22 bits per heavy atom. The van der Waals surface area contributed by atoms with Gasteiger partial charge in [0.05, 0.1) is 6.61 Å². The first kappa shape index (κ1) is 17.9. The Hall–Kier alpha value is -0.120. The number of likely N-dealkylation sites (N-methyl/N-ethyl adjacent to an activating group) is 1.